The fourth-order valence-corrected chi connectivity index (χ4v) is 3.39. The predicted molar refractivity (Wildman–Crippen MR) is 85.2 cm³/mol. The summed E-state index contributed by atoms with van der Waals surface area (Å²) in [6.45, 7) is 1.85. The molecule has 0 aliphatic heterocycles. The lowest BCUT2D eigenvalue weighted by atomic mass is 10.3. The normalized spacial score (nSPS) is 12.1. The highest BCUT2D eigenvalue weighted by Gasteiger charge is 2.14. The number of thiazole rings is 1. The van der Waals surface area contributed by atoms with E-state index >= 15 is 0 Å². The van der Waals surface area contributed by atoms with Gasteiger partial charge in [-0.15, -0.1) is 0 Å². The molecule has 114 valence electrons. The van der Waals surface area contributed by atoms with Crippen LogP contribution in [-0.2, 0) is 14.1 Å². The van der Waals surface area contributed by atoms with Crippen molar-refractivity contribution < 1.29 is 9.53 Å². The standard InChI is InChI=1S/C15H16N4O2S/c1-9-8-16-19(3)13(9)14(20)17-15-18(2)11-6-5-10(21-4)7-12(11)22-15/h5-8H,1-4H3. The van der Waals surface area contributed by atoms with Crippen LogP contribution in [0, 0.1) is 6.92 Å². The van der Waals surface area contributed by atoms with E-state index in [0.29, 0.717) is 10.5 Å². The van der Waals surface area contributed by atoms with Crippen LogP contribution in [0.4, 0.5) is 0 Å². The van der Waals surface area contributed by atoms with Gasteiger partial charge in [-0.25, -0.2) is 0 Å². The second-order valence-corrected chi connectivity index (χ2v) is 6.00. The summed E-state index contributed by atoms with van der Waals surface area (Å²) < 4.78 is 9.71. The SMILES string of the molecule is COc1ccc2c(c1)sc(=NC(=O)c1c(C)cnn1C)n2C. The Bertz CT molecular complexity index is 913. The number of carbonyl (C=O) groups excluding carboxylic acids is 1. The van der Waals surface area contributed by atoms with Crippen molar-refractivity contribution in [3.8, 4) is 5.75 Å². The van der Waals surface area contributed by atoms with E-state index in [2.05, 4.69) is 10.1 Å². The molecule has 0 atom stereocenters. The van der Waals surface area contributed by atoms with Gasteiger partial charge in [0.2, 0.25) is 0 Å². The fourth-order valence-electron chi connectivity index (χ4n) is 2.34. The molecule has 0 aliphatic carbocycles. The Hall–Kier alpha value is -2.41. The zero-order valence-corrected chi connectivity index (χ0v) is 13.6. The Morgan fingerprint density at radius 2 is 2.14 bits per heavy atom. The van der Waals surface area contributed by atoms with Crippen molar-refractivity contribution in [1.82, 2.24) is 14.3 Å². The van der Waals surface area contributed by atoms with Gasteiger partial charge in [-0.2, -0.15) is 10.1 Å². The van der Waals surface area contributed by atoms with E-state index in [1.165, 1.54) is 11.3 Å². The van der Waals surface area contributed by atoms with Crippen molar-refractivity contribution in [3.05, 3.63) is 40.5 Å². The summed E-state index contributed by atoms with van der Waals surface area (Å²) in [6, 6.07) is 5.80. The van der Waals surface area contributed by atoms with Crippen LogP contribution in [0.2, 0.25) is 0 Å². The van der Waals surface area contributed by atoms with E-state index in [1.807, 2.05) is 36.7 Å². The van der Waals surface area contributed by atoms with Gasteiger partial charge in [-0.3, -0.25) is 9.48 Å². The van der Waals surface area contributed by atoms with Gasteiger partial charge in [0.1, 0.15) is 11.4 Å². The van der Waals surface area contributed by atoms with Crippen LogP contribution in [0.15, 0.2) is 29.4 Å². The number of aromatic nitrogens is 3. The monoisotopic (exact) mass is 316 g/mol. The third-order valence-electron chi connectivity index (χ3n) is 3.54. The first-order valence-corrected chi connectivity index (χ1v) is 7.54. The Balaban J connectivity index is 2.13. The summed E-state index contributed by atoms with van der Waals surface area (Å²) in [5, 5.41) is 4.08. The van der Waals surface area contributed by atoms with Gasteiger partial charge in [0.15, 0.2) is 4.80 Å². The highest BCUT2D eigenvalue weighted by Crippen LogP contribution is 2.22. The molecule has 0 bridgehead atoms. The van der Waals surface area contributed by atoms with Crippen molar-refractivity contribution in [2.75, 3.05) is 7.11 Å². The summed E-state index contributed by atoms with van der Waals surface area (Å²) in [4.78, 5) is 17.3. The maximum Gasteiger partial charge on any atom is 0.298 e. The highest BCUT2D eigenvalue weighted by molar-refractivity contribution is 7.16. The van der Waals surface area contributed by atoms with Gasteiger partial charge in [-0.1, -0.05) is 11.3 Å². The molecule has 3 rings (SSSR count). The van der Waals surface area contributed by atoms with E-state index in [9.17, 15) is 4.79 Å². The zero-order valence-electron chi connectivity index (χ0n) is 12.8. The van der Waals surface area contributed by atoms with Crippen molar-refractivity contribution >= 4 is 27.5 Å². The number of benzene rings is 1. The molecule has 1 aromatic carbocycles. The Morgan fingerprint density at radius 3 is 2.77 bits per heavy atom. The molecule has 0 N–H and O–H groups in total. The highest BCUT2D eigenvalue weighted by atomic mass is 32.1. The lowest BCUT2D eigenvalue weighted by Gasteiger charge is -1.99. The second kappa shape index (κ2) is 5.42. The minimum Gasteiger partial charge on any atom is -0.497 e. The third kappa shape index (κ3) is 2.33. The smallest absolute Gasteiger partial charge is 0.298 e. The summed E-state index contributed by atoms with van der Waals surface area (Å²) in [6.07, 6.45) is 1.67. The summed E-state index contributed by atoms with van der Waals surface area (Å²) in [5.74, 6) is 0.501. The quantitative estimate of drug-likeness (QED) is 0.727. The van der Waals surface area contributed by atoms with Gasteiger partial charge in [-0.05, 0) is 25.1 Å². The molecule has 2 aromatic heterocycles. The molecule has 7 heteroatoms. The molecule has 22 heavy (non-hydrogen) atoms. The Kier molecular flexibility index (Phi) is 3.58. The molecule has 3 aromatic rings. The van der Waals surface area contributed by atoms with Crippen LogP contribution >= 0.6 is 11.3 Å². The minimum atomic E-state index is -0.286. The van der Waals surface area contributed by atoms with Gasteiger partial charge in [0, 0.05) is 19.7 Å². The Morgan fingerprint density at radius 1 is 1.36 bits per heavy atom. The lowest BCUT2D eigenvalue weighted by molar-refractivity contribution is 0.0988. The molecule has 1 amide bonds. The summed E-state index contributed by atoms with van der Waals surface area (Å²) in [7, 11) is 5.27. The van der Waals surface area contributed by atoms with Gasteiger partial charge in [0.25, 0.3) is 5.91 Å². The van der Waals surface area contributed by atoms with Gasteiger partial charge in [0.05, 0.1) is 23.5 Å². The first-order chi connectivity index (χ1) is 10.5. The third-order valence-corrected chi connectivity index (χ3v) is 4.63. The number of hydrogen-bond acceptors (Lipinski definition) is 4. The van der Waals surface area contributed by atoms with E-state index in [1.54, 1.807) is 25.0 Å². The maximum absolute atomic E-state index is 12.4. The summed E-state index contributed by atoms with van der Waals surface area (Å²) in [5.41, 5.74) is 2.34. The number of amides is 1. The van der Waals surface area contributed by atoms with Crippen LogP contribution < -0.4 is 9.54 Å². The van der Waals surface area contributed by atoms with Crippen molar-refractivity contribution in [3.63, 3.8) is 0 Å². The lowest BCUT2D eigenvalue weighted by Crippen LogP contribution is -2.15. The number of nitrogens with zero attached hydrogens (tertiary/aromatic N) is 4. The number of ether oxygens (including phenoxy) is 1. The molecule has 0 unspecified atom stereocenters. The molecule has 0 saturated carbocycles. The molecule has 6 nitrogen and oxygen atoms in total. The van der Waals surface area contributed by atoms with Crippen LogP contribution in [0.1, 0.15) is 16.1 Å². The molecule has 0 fully saturated rings. The first kappa shape index (κ1) is 14.5. The van der Waals surface area contributed by atoms with Crippen molar-refractivity contribution in [2.45, 2.75) is 6.92 Å². The second-order valence-electron chi connectivity index (χ2n) is 4.99. The van der Waals surface area contributed by atoms with E-state index in [-0.39, 0.29) is 5.91 Å². The van der Waals surface area contributed by atoms with Crippen LogP contribution in [0.5, 0.6) is 5.75 Å². The van der Waals surface area contributed by atoms with E-state index in [4.69, 9.17) is 4.74 Å². The molecule has 0 radical (unpaired) electrons. The maximum atomic E-state index is 12.4. The van der Waals surface area contributed by atoms with E-state index in [0.717, 1.165) is 21.5 Å². The van der Waals surface area contributed by atoms with Gasteiger partial charge >= 0.3 is 0 Å². The molecular weight excluding hydrogens is 300 g/mol. The predicted octanol–water partition coefficient (Wildman–Crippen LogP) is 2.03. The topological polar surface area (TPSA) is 61.4 Å². The summed E-state index contributed by atoms with van der Waals surface area (Å²) >= 11 is 1.46. The van der Waals surface area contributed by atoms with Crippen LogP contribution in [0.25, 0.3) is 10.2 Å². The number of fused-ring (bicyclic) bond motifs is 1. The number of rotatable bonds is 2. The van der Waals surface area contributed by atoms with Crippen molar-refractivity contribution in [2.24, 2.45) is 19.1 Å². The Labute approximate surface area is 131 Å². The molecule has 0 spiro atoms. The number of carbonyl (C=O) groups is 1. The molecule has 0 aliphatic rings. The largest absolute Gasteiger partial charge is 0.497 e. The van der Waals surface area contributed by atoms with E-state index < -0.39 is 0 Å². The fraction of sp³-hybridized carbons (Fsp3) is 0.267. The average molecular weight is 316 g/mol. The zero-order chi connectivity index (χ0) is 15.9. The molecule has 2 heterocycles. The number of aryl methyl sites for hydroxylation is 3. The minimum absolute atomic E-state index is 0.286. The molecule has 0 saturated heterocycles. The average Bonchev–Trinajstić information content (AvgIpc) is 2.99. The number of methoxy groups -OCH3 is 1. The molecular formula is C15H16N4O2S. The first-order valence-electron chi connectivity index (χ1n) is 6.72. The van der Waals surface area contributed by atoms with Crippen LogP contribution in [0.3, 0.4) is 0 Å². The van der Waals surface area contributed by atoms with Crippen LogP contribution in [-0.4, -0.2) is 27.4 Å². The van der Waals surface area contributed by atoms with Crippen molar-refractivity contribution in [1.29, 1.82) is 0 Å². The van der Waals surface area contributed by atoms with Gasteiger partial charge < -0.3 is 9.30 Å². The number of hydrogen-bond donors (Lipinski definition) is 0.